The fourth-order valence-corrected chi connectivity index (χ4v) is 2.10. The average molecular weight is 242 g/mol. The molecule has 0 saturated carbocycles. The molecule has 86 valence electrons. The number of carbonyl (C=O) groups excluding carboxylic acids is 1. The highest BCUT2D eigenvalue weighted by Crippen LogP contribution is 2.26. The highest BCUT2D eigenvalue weighted by atomic mass is 28.2. The molecule has 0 spiro atoms. The summed E-state index contributed by atoms with van der Waals surface area (Å²) >= 11 is 0. The Labute approximate surface area is 104 Å². The van der Waals surface area contributed by atoms with E-state index in [2.05, 4.69) is 0 Å². The Bertz CT molecular complexity index is 549. The Morgan fingerprint density at radius 2 is 1.59 bits per heavy atom. The van der Waals surface area contributed by atoms with Gasteiger partial charge in [-0.25, -0.2) is 4.79 Å². The SMILES string of the molecule is Cc1ccccc1-c1ccccc1C(=O)O[SiH3]. The van der Waals surface area contributed by atoms with Crippen molar-refractivity contribution < 1.29 is 9.22 Å². The molecule has 2 nitrogen and oxygen atoms in total. The van der Waals surface area contributed by atoms with E-state index in [4.69, 9.17) is 4.43 Å². The van der Waals surface area contributed by atoms with Crippen molar-refractivity contribution in [1.29, 1.82) is 0 Å². The molecule has 0 unspecified atom stereocenters. The van der Waals surface area contributed by atoms with Crippen molar-refractivity contribution in [3.05, 3.63) is 59.7 Å². The summed E-state index contributed by atoms with van der Waals surface area (Å²) in [7, 11) is 0.416. The number of hydrogen-bond donors (Lipinski definition) is 0. The molecule has 17 heavy (non-hydrogen) atoms. The van der Waals surface area contributed by atoms with Crippen molar-refractivity contribution in [1.82, 2.24) is 0 Å². The minimum absolute atomic E-state index is 0.240. The number of aryl methyl sites for hydroxylation is 1. The van der Waals surface area contributed by atoms with Crippen molar-refractivity contribution in [2.24, 2.45) is 0 Å². The van der Waals surface area contributed by atoms with Gasteiger partial charge in [0.15, 0.2) is 0 Å². The van der Waals surface area contributed by atoms with Gasteiger partial charge < -0.3 is 4.43 Å². The minimum Gasteiger partial charge on any atom is -0.525 e. The smallest absolute Gasteiger partial charge is 0.324 e. The van der Waals surface area contributed by atoms with Crippen LogP contribution in [0.1, 0.15) is 15.9 Å². The van der Waals surface area contributed by atoms with Gasteiger partial charge in [0, 0.05) is 0 Å². The zero-order valence-corrected chi connectivity index (χ0v) is 11.9. The van der Waals surface area contributed by atoms with Crippen molar-refractivity contribution >= 4 is 16.5 Å². The van der Waals surface area contributed by atoms with E-state index in [0.29, 0.717) is 16.0 Å². The summed E-state index contributed by atoms with van der Waals surface area (Å²) in [6.07, 6.45) is 0. The first-order valence-corrected chi connectivity index (χ1v) is 6.29. The second-order valence-electron chi connectivity index (χ2n) is 3.85. The summed E-state index contributed by atoms with van der Waals surface area (Å²) in [5, 5.41) is 0. The number of benzene rings is 2. The number of carbonyl (C=O) groups is 1. The van der Waals surface area contributed by atoms with Gasteiger partial charge in [-0.15, -0.1) is 0 Å². The lowest BCUT2D eigenvalue weighted by atomic mass is 9.96. The third-order valence-electron chi connectivity index (χ3n) is 2.77. The third-order valence-corrected chi connectivity index (χ3v) is 3.14. The molecule has 0 saturated heterocycles. The topological polar surface area (TPSA) is 26.3 Å². The monoisotopic (exact) mass is 242 g/mol. The fourth-order valence-electron chi connectivity index (χ4n) is 1.88. The van der Waals surface area contributed by atoms with Gasteiger partial charge in [0.05, 0.1) is 5.56 Å². The van der Waals surface area contributed by atoms with E-state index in [-0.39, 0.29) is 5.97 Å². The average Bonchev–Trinajstić information content (AvgIpc) is 2.38. The van der Waals surface area contributed by atoms with Gasteiger partial charge in [0.25, 0.3) is 0 Å². The van der Waals surface area contributed by atoms with E-state index in [0.717, 1.165) is 16.7 Å². The maximum Gasteiger partial charge on any atom is 0.324 e. The van der Waals surface area contributed by atoms with E-state index in [1.165, 1.54) is 0 Å². The van der Waals surface area contributed by atoms with E-state index < -0.39 is 0 Å². The van der Waals surface area contributed by atoms with Crippen LogP contribution in [0.25, 0.3) is 11.1 Å². The van der Waals surface area contributed by atoms with Gasteiger partial charge in [-0.2, -0.15) is 0 Å². The summed E-state index contributed by atoms with van der Waals surface area (Å²) in [6, 6.07) is 15.6. The first kappa shape index (κ1) is 11.6. The number of rotatable bonds is 2. The van der Waals surface area contributed by atoms with Gasteiger partial charge in [0.1, 0.15) is 0 Å². The molecule has 0 bridgehead atoms. The van der Waals surface area contributed by atoms with Crippen LogP contribution in [0.2, 0.25) is 0 Å². The van der Waals surface area contributed by atoms with Gasteiger partial charge in [-0.1, -0.05) is 42.5 Å². The maximum atomic E-state index is 11.7. The molecule has 0 atom stereocenters. The van der Waals surface area contributed by atoms with Crippen LogP contribution >= 0.6 is 0 Å². The van der Waals surface area contributed by atoms with Crippen LogP contribution in [0.3, 0.4) is 0 Å². The van der Waals surface area contributed by atoms with E-state index >= 15 is 0 Å². The first-order valence-electron chi connectivity index (χ1n) is 5.47. The molecular weight excluding hydrogens is 228 g/mol. The quantitative estimate of drug-likeness (QED) is 0.754. The van der Waals surface area contributed by atoms with Crippen molar-refractivity contribution in [2.75, 3.05) is 0 Å². The Morgan fingerprint density at radius 3 is 2.24 bits per heavy atom. The normalized spacial score (nSPS) is 10.2. The largest absolute Gasteiger partial charge is 0.525 e. The van der Waals surface area contributed by atoms with E-state index in [1.807, 2.05) is 55.5 Å². The summed E-state index contributed by atoms with van der Waals surface area (Å²) in [6.45, 7) is 2.04. The summed E-state index contributed by atoms with van der Waals surface area (Å²) in [5.74, 6) is -0.240. The molecule has 0 heterocycles. The number of hydrogen-bond acceptors (Lipinski definition) is 2. The van der Waals surface area contributed by atoms with Crippen LogP contribution in [-0.4, -0.2) is 16.5 Å². The van der Waals surface area contributed by atoms with Gasteiger partial charge in [0.2, 0.25) is 10.5 Å². The molecule has 2 rings (SSSR count). The van der Waals surface area contributed by atoms with E-state index in [9.17, 15) is 4.79 Å². The molecule has 0 aliphatic rings. The molecule has 2 aromatic carbocycles. The minimum atomic E-state index is -0.240. The lowest BCUT2D eigenvalue weighted by molar-refractivity contribution is 0.0750. The summed E-state index contributed by atoms with van der Waals surface area (Å²) in [5.41, 5.74) is 3.81. The molecule has 0 aliphatic carbocycles. The maximum absolute atomic E-state index is 11.7. The van der Waals surface area contributed by atoms with Crippen LogP contribution in [0.5, 0.6) is 0 Å². The van der Waals surface area contributed by atoms with Crippen molar-refractivity contribution in [2.45, 2.75) is 6.92 Å². The lowest BCUT2D eigenvalue weighted by Crippen LogP contribution is -2.04. The van der Waals surface area contributed by atoms with E-state index in [1.54, 1.807) is 0 Å². The molecule has 0 N–H and O–H groups in total. The first-order chi connectivity index (χ1) is 8.24. The fraction of sp³-hybridized carbons (Fsp3) is 0.0714. The molecule has 3 heteroatoms. The molecule has 0 radical (unpaired) electrons. The van der Waals surface area contributed by atoms with Crippen LogP contribution in [0, 0.1) is 6.92 Å². The Kier molecular flexibility index (Phi) is 3.39. The van der Waals surface area contributed by atoms with Crippen molar-refractivity contribution in [3.8, 4) is 11.1 Å². The molecule has 0 fully saturated rings. The molecule has 2 aromatic rings. The van der Waals surface area contributed by atoms with Crippen molar-refractivity contribution in [3.63, 3.8) is 0 Å². The summed E-state index contributed by atoms with van der Waals surface area (Å²) in [4.78, 5) is 11.7. The summed E-state index contributed by atoms with van der Waals surface area (Å²) < 4.78 is 4.94. The standard InChI is InChI=1S/C14H14O2Si/c1-10-6-2-3-7-11(10)12-8-4-5-9-13(12)14(15)16-17/h2-9H,1,17H3. The highest BCUT2D eigenvalue weighted by molar-refractivity contribution is 6.11. The Balaban J connectivity index is 2.60. The molecule has 0 amide bonds. The van der Waals surface area contributed by atoms with Crippen LogP contribution in [-0.2, 0) is 4.43 Å². The van der Waals surface area contributed by atoms with Crippen LogP contribution < -0.4 is 0 Å². The Hall–Kier alpha value is -1.87. The van der Waals surface area contributed by atoms with Crippen LogP contribution in [0.4, 0.5) is 0 Å². The van der Waals surface area contributed by atoms with Gasteiger partial charge in [-0.3, -0.25) is 0 Å². The zero-order valence-electron chi connectivity index (χ0n) is 9.94. The van der Waals surface area contributed by atoms with Crippen LogP contribution in [0.15, 0.2) is 48.5 Å². The second-order valence-corrected chi connectivity index (χ2v) is 4.26. The zero-order chi connectivity index (χ0) is 12.3. The molecule has 0 aromatic heterocycles. The highest BCUT2D eigenvalue weighted by Gasteiger charge is 2.12. The predicted octanol–water partition coefficient (Wildman–Crippen LogP) is 2.10. The molecule has 0 aliphatic heterocycles. The lowest BCUT2D eigenvalue weighted by Gasteiger charge is -2.10. The van der Waals surface area contributed by atoms with Gasteiger partial charge in [-0.05, 0) is 29.7 Å². The third kappa shape index (κ3) is 2.29. The Morgan fingerprint density at radius 1 is 1.00 bits per heavy atom. The second kappa shape index (κ2) is 4.97. The van der Waals surface area contributed by atoms with Gasteiger partial charge >= 0.3 is 5.97 Å². The molecular formula is C14H14O2Si. The predicted molar refractivity (Wildman–Crippen MR) is 72.0 cm³/mol.